The number of nitrogens with one attached hydrogen (secondary N) is 1. The van der Waals surface area contributed by atoms with Crippen molar-refractivity contribution in [3.63, 3.8) is 0 Å². The smallest absolute Gasteiger partial charge is 0.410 e. The molecule has 152 valence electrons. The summed E-state index contributed by atoms with van der Waals surface area (Å²) in [6, 6.07) is 7.94. The number of ether oxygens (including phenoxy) is 1. The summed E-state index contributed by atoms with van der Waals surface area (Å²) in [5.41, 5.74) is 0.801. The van der Waals surface area contributed by atoms with Crippen LogP contribution in [0.4, 0.5) is 10.5 Å². The van der Waals surface area contributed by atoms with Gasteiger partial charge in [-0.2, -0.15) is 0 Å². The van der Waals surface area contributed by atoms with Crippen molar-refractivity contribution in [3.8, 4) is 0 Å². The maximum absolute atomic E-state index is 12.3. The van der Waals surface area contributed by atoms with Crippen LogP contribution in [-0.2, 0) is 19.7 Å². The molecule has 2 saturated heterocycles. The highest BCUT2D eigenvalue weighted by Crippen LogP contribution is 2.33. The van der Waals surface area contributed by atoms with E-state index in [9.17, 15) is 14.4 Å². The van der Waals surface area contributed by atoms with Gasteiger partial charge in [0.15, 0.2) is 0 Å². The van der Waals surface area contributed by atoms with Gasteiger partial charge >= 0.3 is 6.09 Å². The van der Waals surface area contributed by atoms with Crippen LogP contribution in [0.15, 0.2) is 24.3 Å². The molecule has 1 atom stereocenters. The van der Waals surface area contributed by atoms with Crippen molar-refractivity contribution in [2.75, 3.05) is 31.1 Å². The van der Waals surface area contributed by atoms with Crippen molar-refractivity contribution < 1.29 is 19.1 Å². The van der Waals surface area contributed by atoms with Gasteiger partial charge in [0.1, 0.15) is 5.60 Å². The van der Waals surface area contributed by atoms with E-state index >= 15 is 0 Å². The summed E-state index contributed by atoms with van der Waals surface area (Å²) in [7, 11) is 0. The fraction of sp³-hybridized carbons (Fsp3) is 0.571. The van der Waals surface area contributed by atoms with Crippen molar-refractivity contribution in [3.05, 3.63) is 29.8 Å². The van der Waals surface area contributed by atoms with Crippen molar-refractivity contribution in [2.24, 2.45) is 0 Å². The molecule has 0 aromatic heterocycles. The van der Waals surface area contributed by atoms with Crippen LogP contribution in [0.2, 0.25) is 0 Å². The lowest BCUT2D eigenvalue weighted by Crippen LogP contribution is -2.50. The quantitative estimate of drug-likeness (QED) is 0.789. The molecular weight excluding hydrogens is 358 g/mol. The number of carbonyl (C=O) groups excluding carboxylic acids is 3. The average molecular weight is 387 g/mol. The SMILES string of the molecule is CC(C)(C)OC(=O)N1CCN(c2ccc([C@@]3(C)CCC(=O)NC3=O)cc2)CC1. The molecule has 0 spiro atoms. The van der Waals surface area contributed by atoms with E-state index in [1.807, 2.05) is 52.0 Å². The highest BCUT2D eigenvalue weighted by Gasteiger charge is 2.39. The summed E-state index contributed by atoms with van der Waals surface area (Å²) < 4.78 is 5.44. The summed E-state index contributed by atoms with van der Waals surface area (Å²) in [5.74, 6) is -0.440. The normalized spacial score (nSPS) is 23.4. The summed E-state index contributed by atoms with van der Waals surface area (Å²) >= 11 is 0. The van der Waals surface area contributed by atoms with Gasteiger partial charge in [-0.25, -0.2) is 4.79 Å². The number of carbonyl (C=O) groups is 3. The van der Waals surface area contributed by atoms with Gasteiger partial charge in [0.05, 0.1) is 5.41 Å². The van der Waals surface area contributed by atoms with Crippen LogP contribution < -0.4 is 10.2 Å². The molecule has 3 amide bonds. The van der Waals surface area contributed by atoms with Crippen LogP contribution in [0.5, 0.6) is 0 Å². The third kappa shape index (κ3) is 4.29. The number of imide groups is 1. The van der Waals surface area contributed by atoms with Crippen molar-refractivity contribution >= 4 is 23.6 Å². The molecule has 3 rings (SSSR count). The molecule has 2 heterocycles. The molecule has 7 heteroatoms. The van der Waals surface area contributed by atoms with Crippen molar-refractivity contribution in [2.45, 2.75) is 51.6 Å². The Balaban J connectivity index is 1.62. The lowest BCUT2D eigenvalue weighted by molar-refractivity contribution is -0.137. The van der Waals surface area contributed by atoms with Gasteiger partial charge in [-0.15, -0.1) is 0 Å². The maximum atomic E-state index is 12.3. The standard InChI is InChI=1S/C21H29N3O4/c1-20(2,3)28-19(27)24-13-11-23(12-14-24)16-7-5-15(6-8-16)21(4)10-9-17(25)22-18(21)26/h5-8H,9-14H2,1-4H3,(H,22,25,26)/t21-/m1/s1. The first-order valence-corrected chi connectivity index (χ1v) is 9.76. The highest BCUT2D eigenvalue weighted by molar-refractivity contribution is 6.03. The Kier molecular flexibility index (Phi) is 5.37. The van der Waals surface area contributed by atoms with Crippen molar-refractivity contribution in [1.82, 2.24) is 10.2 Å². The Morgan fingerprint density at radius 3 is 2.21 bits per heavy atom. The predicted octanol–water partition coefficient (Wildman–Crippen LogP) is 2.44. The molecular formula is C21H29N3O4. The lowest BCUT2D eigenvalue weighted by Gasteiger charge is -2.37. The Morgan fingerprint density at radius 1 is 1.07 bits per heavy atom. The molecule has 0 bridgehead atoms. The number of hydrogen-bond acceptors (Lipinski definition) is 5. The fourth-order valence-electron chi connectivity index (χ4n) is 3.59. The summed E-state index contributed by atoms with van der Waals surface area (Å²) in [6.45, 7) is 10.2. The molecule has 1 aromatic carbocycles. The Hall–Kier alpha value is -2.57. The van der Waals surface area contributed by atoms with Gasteiger partial charge < -0.3 is 14.5 Å². The first-order chi connectivity index (χ1) is 13.1. The summed E-state index contributed by atoms with van der Waals surface area (Å²) in [6.07, 6.45) is 0.607. The molecule has 2 aliphatic rings. The van der Waals surface area contributed by atoms with Crippen LogP contribution in [0.3, 0.4) is 0 Å². The summed E-state index contributed by atoms with van der Waals surface area (Å²) in [4.78, 5) is 39.9. The highest BCUT2D eigenvalue weighted by atomic mass is 16.6. The number of piperazine rings is 1. The molecule has 0 aliphatic carbocycles. The van der Waals surface area contributed by atoms with Gasteiger partial charge in [-0.3, -0.25) is 14.9 Å². The van der Waals surface area contributed by atoms with Gasteiger partial charge in [0.2, 0.25) is 11.8 Å². The first kappa shape index (κ1) is 20.2. The van der Waals surface area contributed by atoms with Crippen LogP contribution in [-0.4, -0.2) is 54.6 Å². The monoisotopic (exact) mass is 387 g/mol. The van der Waals surface area contributed by atoms with Crippen molar-refractivity contribution in [1.29, 1.82) is 0 Å². The number of benzene rings is 1. The van der Waals surface area contributed by atoms with Gasteiger partial charge in [0, 0.05) is 38.3 Å². The van der Waals surface area contributed by atoms with Crippen LogP contribution in [0.25, 0.3) is 0 Å². The zero-order valence-electron chi connectivity index (χ0n) is 17.1. The Bertz CT molecular complexity index is 761. The van der Waals surface area contributed by atoms with E-state index in [0.717, 1.165) is 24.3 Å². The molecule has 0 saturated carbocycles. The zero-order valence-corrected chi connectivity index (χ0v) is 17.1. The van der Waals surface area contributed by atoms with E-state index in [4.69, 9.17) is 4.74 Å². The minimum Gasteiger partial charge on any atom is -0.444 e. The van der Waals surface area contributed by atoms with E-state index in [1.165, 1.54) is 0 Å². The Labute approximate surface area is 166 Å². The average Bonchev–Trinajstić information content (AvgIpc) is 2.64. The van der Waals surface area contributed by atoms with E-state index in [0.29, 0.717) is 25.9 Å². The second-order valence-corrected chi connectivity index (χ2v) is 8.71. The topological polar surface area (TPSA) is 79.0 Å². The minimum absolute atomic E-state index is 0.207. The predicted molar refractivity (Wildman–Crippen MR) is 106 cm³/mol. The third-order valence-electron chi connectivity index (χ3n) is 5.41. The van der Waals surface area contributed by atoms with Gasteiger partial charge in [-0.1, -0.05) is 12.1 Å². The number of piperidine rings is 1. The molecule has 28 heavy (non-hydrogen) atoms. The molecule has 2 aliphatic heterocycles. The van der Waals surface area contributed by atoms with E-state index in [1.54, 1.807) is 4.90 Å². The third-order valence-corrected chi connectivity index (χ3v) is 5.41. The number of nitrogens with zero attached hydrogens (tertiary/aromatic N) is 2. The number of anilines is 1. The van der Waals surface area contributed by atoms with Gasteiger partial charge in [-0.05, 0) is 51.8 Å². The first-order valence-electron chi connectivity index (χ1n) is 9.76. The second kappa shape index (κ2) is 7.45. The number of hydrogen-bond donors (Lipinski definition) is 1. The second-order valence-electron chi connectivity index (χ2n) is 8.71. The summed E-state index contributed by atoms with van der Waals surface area (Å²) in [5, 5.41) is 2.44. The lowest BCUT2D eigenvalue weighted by atomic mass is 9.75. The van der Waals surface area contributed by atoms with Crippen LogP contribution >= 0.6 is 0 Å². The number of rotatable bonds is 2. The van der Waals surface area contributed by atoms with E-state index < -0.39 is 11.0 Å². The fourth-order valence-corrected chi connectivity index (χ4v) is 3.59. The molecule has 7 nitrogen and oxygen atoms in total. The van der Waals surface area contributed by atoms with E-state index in [2.05, 4.69) is 10.2 Å². The molecule has 1 aromatic rings. The molecule has 1 N–H and O–H groups in total. The molecule has 0 unspecified atom stereocenters. The van der Waals surface area contributed by atoms with Crippen LogP contribution in [0, 0.1) is 0 Å². The minimum atomic E-state index is -0.679. The van der Waals surface area contributed by atoms with Gasteiger partial charge in [0.25, 0.3) is 0 Å². The molecule has 2 fully saturated rings. The number of amides is 3. The Morgan fingerprint density at radius 2 is 1.68 bits per heavy atom. The molecule has 0 radical (unpaired) electrons. The largest absolute Gasteiger partial charge is 0.444 e. The van der Waals surface area contributed by atoms with Crippen LogP contribution in [0.1, 0.15) is 46.1 Å². The van der Waals surface area contributed by atoms with E-state index in [-0.39, 0.29) is 17.9 Å². The maximum Gasteiger partial charge on any atom is 0.410 e. The zero-order chi connectivity index (χ0) is 20.5.